The third-order valence-corrected chi connectivity index (χ3v) is 0. The van der Waals surface area contributed by atoms with Crippen LogP contribution in [0.1, 0.15) is 0 Å². The summed E-state index contributed by atoms with van der Waals surface area (Å²) in [6, 6.07) is 0. The molecule has 0 amide bonds. The van der Waals surface area contributed by atoms with Crippen molar-refractivity contribution in [3.8, 4) is 0 Å². The van der Waals surface area contributed by atoms with E-state index in [1.165, 1.54) is 0 Å². The zero-order valence-electron chi connectivity index (χ0n) is 9.85. The van der Waals surface area contributed by atoms with Gasteiger partial charge in [-0.25, -0.2) is 0 Å². The third-order valence-electron chi connectivity index (χ3n) is 0. The number of rotatable bonds is 0. The average molecular weight is 635 g/mol. The summed E-state index contributed by atoms with van der Waals surface area (Å²) >= 11 is -11.5. The molecule has 0 atom stereocenters. The van der Waals surface area contributed by atoms with Gasteiger partial charge in [-0.3, -0.25) is 0 Å². The topological polar surface area (TPSA) is 359 Å². The molecule has 0 aromatic heterocycles. The van der Waals surface area contributed by atoms with Crippen molar-refractivity contribution in [2.24, 2.45) is 0 Å². The molecule has 0 fully saturated rings. The van der Waals surface area contributed by atoms with Crippen molar-refractivity contribution in [3.63, 3.8) is 0 Å². The first-order valence-corrected chi connectivity index (χ1v) is 6.93. The maximum absolute atomic E-state index is 8.59. The van der Waals surface area contributed by atoms with Crippen LogP contribution in [0.5, 0.6) is 0 Å². The Kier molecular flexibility index (Phi) is 154. The summed E-state index contributed by atoms with van der Waals surface area (Å²) in [7, 11) is 0. The summed E-state index contributed by atoms with van der Waals surface area (Å²) in [6.07, 6.45) is 0. The molecule has 0 saturated heterocycles. The molecular formula is H18CuO14Rb2Se2+6. The van der Waals surface area contributed by atoms with Crippen molar-refractivity contribution in [1.82, 2.24) is 0 Å². The Bertz CT molecular complexity index is 220. The molecule has 0 aliphatic carbocycles. The van der Waals surface area contributed by atoms with Crippen LogP contribution in [0.4, 0.5) is 0 Å². The van der Waals surface area contributed by atoms with Crippen molar-refractivity contribution >= 4 is 26.7 Å². The molecule has 0 unspecified atom stereocenters. The summed E-state index contributed by atoms with van der Waals surface area (Å²) in [5, 5.41) is 0. The summed E-state index contributed by atoms with van der Waals surface area (Å²) < 4.78 is 68.8. The van der Waals surface area contributed by atoms with Gasteiger partial charge >= 0.3 is 192 Å². The quantitative estimate of drug-likeness (QED) is 0.181. The van der Waals surface area contributed by atoms with Gasteiger partial charge in [-0.2, -0.15) is 0 Å². The predicted octanol–water partition coefficient (Wildman–Crippen LogP) is -17.5. The number of hydrogen-bond donors (Lipinski definition) is 0. The first-order chi connectivity index (χ1) is 4.00. The second kappa shape index (κ2) is 37.9. The summed E-state index contributed by atoms with van der Waals surface area (Å²) in [6.45, 7) is 0. The Hall–Kier alpha value is 3.97. The van der Waals surface area contributed by atoms with E-state index < -0.39 is 26.7 Å². The van der Waals surface area contributed by atoms with Gasteiger partial charge in [0.1, 0.15) is 0 Å². The van der Waals surface area contributed by atoms with Gasteiger partial charge in [-0.1, -0.05) is 0 Å². The minimum absolute atomic E-state index is 0. The van der Waals surface area contributed by atoms with Gasteiger partial charge in [0.15, 0.2) is 0 Å². The fourth-order valence-corrected chi connectivity index (χ4v) is 0. The molecule has 0 aliphatic rings. The largest absolute Gasteiger partial charge is 2.00 e. The Balaban J connectivity index is -0.00000000508. The van der Waals surface area contributed by atoms with Crippen LogP contribution >= 0.6 is 0 Å². The monoisotopic (exact) mass is 635 g/mol. The Morgan fingerprint density at radius 3 is 0.474 bits per heavy atom. The van der Waals surface area contributed by atoms with E-state index in [1.807, 2.05) is 0 Å². The zero-order chi connectivity index (χ0) is 9.00. The maximum Gasteiger partial charge on any atom is 2.00 e. The number of hydrogen-bond acceptors (Lipinski definition) is 8. The van der Waals surface area contributed by atoms with Gasteiger partial charge < -0.3 is 32.9 Å². The summed E-state index contributed by atoms with van der Waals surface area (Å²) in [5.41, 5.74) is 0. The second-order valence-corrected chi connectivity index (χ2v) is 4.24. The van der Waals surface area contributed by atoms with Gasteiger partial charge in [0.2, 0.25) is 0 Å². The van der Waals surface area contributed by atoms with E-state index in [0.717, 1.165) is 0 Å². The Morgan fingerprint density at radius 2 is 0.474 bits per heavy atom. The van der Waals surface area contributed by atoms with Crippen LogP contribution in [0.25, 0.3) is 0 Å². The van der Waals surface area contributed by atoms with Crippen LogP contribution in [0.15, 0.2) is 0 Å². The van der Waals surface area contributed by atoms with E-state index in [0.29, 0.717) is 0 Å². The van der Waals surface area contributed by atoms with Crippen molar-refractivity contribution in [1.29, 1.82) is 0 Å². The molecule has 18 N–H and O–H groups in total. The molecular weight excluding hydrogens is 616 g/mol. The average Bonchev–Trinajstić information content (AvgIpc) is 1.12. The van der Waals surface area contributed by atoms with Crippen molar-refractivity contribution in [2.75, 3.05) is 0 Å². The SMILES string of the molecule is O=[Se](=O)([O-])[O-].O=[Se](=O)([O-])[O-].[Cu+2].[OH3+].[OH3+].[OH3+].[OH3+].[OH3+].[OH3+].[Rb+].[Rb+]. The molecule has 0 rings (SSSR count). The molecule has 14 nitrogen and oxygen atoms in total. The van der Waals surface area contributed by atoms with Crippen LogP contribution < -0.4 is 133 Å². The first kappa shape index (κ1) is 77.4. The molecule has 1 radical (unpaired) electrons. The van der Waals surface area contributed by atoms with E-state index in [-0.39, 0.29) is 166 Å². The van der Waals surface area contributed by atoms with Crippen LogP contribution in [0, 0.1) is 0 Å². The van der Waals surface area contributed by atoms with Crippen LogP contribution in [-0.4, -0.2) is 26.7 Å². The standard InChI is InChI=1S/Cu.2H2O4Se.6H2O.2Rb/c;2*1-5(2,3)4;;;;;;;;/h;2*(H2,1,2,3,4);6*1H2;;/q+2;;;;;;;;;2*+1/p+2. The second-order valence-electron chi connectivity index (χ2n) is 0.816. The molecule has 0 aromatic rings. The van der Waals surface area contributed by atoms with Gasteiger partial charge in [0.25, 0.3) is 0 Å². The van der Waals surface area contributed by atoms with E-state index in [1.54, 1.807) is 0 Å². The van der Waals surface area contributed by atoms with Gasteiger partial charge in [0.05, 0.1) is 0 Å². The van der Waals surface area contributed by atoms with Crippen molar-refractivity contribution < 1.29 is 198 Å². The third kappa shape index (κ3) is 556. The zero-order valence-corrected chi connectivity index (χ0v) is 24.0. The maximum atomic E-state index is 8.59. The molecule has 0 bridgehead atoms. The summed E-state index contributed by atoms with van der Waals surface area (Å²) in [5.74, 6) is 0. The fourth-order valence-electron chi connectivity index (χ4n) is 0. The molecule has 0 saturated carbocycles. The smallest absolute Gasteiger partial charge is 0.457 e. The van der Waals surface area contributed by atoms with E-state index >= 15 is 0 Å². The van der Waals surface area contributed by atoms with Gasteiger partial charge in [0, 0.05) is 0 Å². The first-order valence-electron chi connectivity index (χ1n) is 1.33. The normalized spacial score (nSPS) is 6.11. The molecule has 19 heavy (non-hydrogen) atoms. The minimum atomic E-state index is -5.75. The predicted molar refractivity (Wildman–Crippen MR) is 43.5 cm³/mol. The molecule has 0 heterocycles. The fraction of sp³-hybridized carbons (Fsp3) is 0. The van der Waals surface area contributed by atoms with Crippen LogP contribution in [0.3, 0.4) is 0 Å². The molecule has 19 heteroatoms. The van der Waals surface area contributed by atoms with Gasteiger partial charge in [-0.05, 0) is 0 Å². The van der Waals surface area contributed by atoms with E-state index in [9.17, 15) is 0 Å². The van der Waals surface area contributed by atoms with Crippen molar-refractivity contribution in [3.05, 3.63) is 0 Å². The van der Waals surface area contributed by atoms with E-state index in [4.69, 9.17) is 32.1 Å². The van der Waals surface area contributed by atoms with Crippen molar-refractivity contribution in [2.45, 2.75) is 0 Å². The van der Waals surface area contributed by atoms with Crippen LogP contribution in [0.2, 0.25) is 0 Å². The molecule has 0 aromatic carbocycles. The summed E-state index contributed by atoms with van der Waals surface area (Å²) in [4.78, 5) is 0. The van der Waals surface area contributed by atoms with E-state index in [2.05, 4.69) is 0 Å². The molecule has 121 valence electrons. The van der Waals surface area contributed by atoms with Gasteiger partial charge in [-0.15, -0.1) is 0 Å². The minimum Gasteiger partial charge on any atom is -0.457 e. The Morgan fingerprint density at radius 1 is 0.474 bits per heavy atom. The molecule has 0 spiro atoms. The molecule has 0 aliphatic heterocycles. The Labute approximate surface area is 219 Å². The van der Waals surface area contributed by atoms with Crippen LogP contribution in [-0.2, 0) is 65.3 Å².